The molecule has 0 bridgehead atoms. The van der Waals surface area contributed by atoms with E-state index in [4.69, 9.17) is 9.47 Å². The van der Waals surface area contributed by atoms with E-state index >= 15 is 0 Å². The lowest BCUT2D eigenvalue weighted by atomic mass is 10.2. The fourth-order valence-corrected chi connectivity index (χ4v) is 2.45. The van der Waals surface area contributed by atoms with Crippen molar-refractivity contribution in [3.05, 3.63) is 59.7 Å². The van der Waals surface area contributed by atoms with E-state index in [-0.39, 0.29) is 36.4 Å². The van der Waals surface area contributed by atoms with Crippen LogP contribution in [-0.2, 0) is 9.59 Å². The zero-order valence-electron chi connectivity index (χ0n) is 16.7. The van der Waals surface area contributed by atoms with Crippen LogP contribution in [0, 0.1) is 0 Å². The number of nitrogens with one attached hydrogen (secondary N) is 2. The Bertz CT molecular complexity index is 875. The van der Waals surface area contributed by atoms with Crippen LogP contribution in [0.5, 0.6) is 23.0 Å². The molecule has 30 heavy (non-hydrogen) atoms. The number of hydrogen-bond acceptors (Lipinski definition) is 6. The molecule has 0 aliphatic rings. The summed E-state index contributed by atoms with van der Waals surface area (Å²) in [6.45, 7) is 0.500. The largest absolute Gasteiger partial charge is 0.504 e. The van der Waals surface area contributed by atoms with Crippen LogP contribution in [0.3, 0.4) is 0 Å². The summed E-state index contributed by atoms with van der Waals surface area (Å²) in [4.78, 5) is 23.6. The molecule has 2 aromatic rings. The molecule has 0 aliphatic heterocycles. The summed E-state index contributed by atoms with van der Waals surface area (Å²) < 4.78 is 9.92. The Hall–Kier alpha value is -3.94. The molecule has 0 aromatic heterocycles. The third-order valence-electron chi connectivity index (χ3n) is 3.98. The van der Waals surface area contributed by atoms with Crippen molar-refractivity contribution in [2.75, 3.05) is 27.3 Å². The van der Waals surface area contributed by atoms with Crippen molar-refractivity contribution in [2.24, 2.45) is 0 Å². The van der Waals surface area contributed by atoms with Gasteiger partial charge in [0, 0.05) is 25.2 Å². The van der Waals surface area contributed by atoms with Crippen molar-refractivity contribution in [3.63, 3.8) is 0 Å². The maximum Gasteiger partial charge on any atom is 0.244 e. The number of methoxy groups -OCH3 is 2. The van der Waals surface area contributed by atoms with Crippen molar-refractivity contribution < 1.29 is 29.3 Å². The second kappa shape index (κ2) is 11.2. The van der Waals surface area contributed by atoms with Gasteiger partial charge in [0.15, 0.2) is 23.0 Å². The maximum absolute atomic E-state index is 11.8. The lowest BCUT2D eigenvalue weighted by Crippen LogP contribution is -2.33. The third kappa shape index (κ3) is 6.90. The number of amides is 2. The Morgan fingerprint density at radius 1 is 0.800 bits per heavy atom. The van der Waals surface area contributed by atoms with Gasteiger partial charge in [-0.3, -0.25) is 9.59 Å². The Balaban J connectivity index is 1.72. The van der Waals surface area contributed by atoms with Gasteiger partial charge in [0.25, 0.3) is 0 Å². The first-order chi connectivity index (χ1) is 14.4. The maximum atomic E-state index is 11.8. The molecular weight excluding hydrogens is 388 g/mol. The van der Waals surface area contributed by atoms with E-state index in [1.54, 1.807) is 36.4 Å². The number of carbonyl (C=O) groups excluding carboxylic acids is 2. The highest BCUT2D eigenvalue weighted by Gasteiger charge is 2.03. The van der Waals surface area contributed by atoms with Crippen LogP contribution in [0.1, 0.15) is 11.1 Å². The van der Waals surface area contributed by atoms with Crippen molar-refractivity contribution in [1.29, 1.82) is 0 Å². The molecule has 0 spiro atoms. The summed E-state index contributed by atoms with van der Waals surface area (Å²) in [6.07, 6.45) is 5.78. The topological polar surface area (TPSA) is 117 Å². The van der Waals surface area contributed by atoms with Gasteiger partial charge in [-0.15, -0.1) is 0 Å². The van der Waals surface area contributed by atoms with Gasteiger partial charge in [-0.1, -0.05) is 12.1 Å². The van der Waals surface area contributed by atoms with E-state index in [1.807, 2.05) is 0 Å². The number of aromatic hydroxyl groups is 2. The number of carbonyl (C=O) groups is 2. The van der Waals surface area contributed by atoms with Crippen molar-refractivity contribution in [2.45, 2.75) is 0 Å². The first-order valence-electron chi connectivity index (χ1n) is 9.08. The lowest BCUT2D eigenvalue weighted by Gasteiger charge is -2.05. The summed E-state index contributed by atoms with van der Waals surface area (Å²) in [5.41, 5.74) is 1.29. The Morgan fingerprint density at radius 2 is 1.20 bits per heavy atom. The molecule has 8 heteroatoms. The number of phenols is 2. The zero-order chi connectivity index (χ0) is 21.9. The van der Waals surface area contributed by atoms with Crippen LogP contribution in [-0.4, -0.2) is 49.3 Å². The van der Waals surface area contributed by atoms with Crippen LogP contribution < -0.4 is 20.1 Å². The molecule has 0 unspecified atom stereocenters. The van der Waals surface area contributed by atoms with E-state index in [0.29, 0.717) is 22.6 Å². The van der Waals surface area contributed by atoms with Gasteiger partial charge in [-0.25, -0.2) is 0 Å². The van der Waals surface area contributed by atoms with Crippen LogP contribution in [0.2, 0.25) is 0 Å². The van der Waals surface area contributed by atoms with Gasteiger partial charge in [-0.05, 0) is 47.5 Å². The molecule has 0 radical (unpaired) electrons. The van der Waals surface area contributed by atoms with Gasteiger partial charge >= 0.3 is 0 Å². The molecule has 4 N–H and O–H groups in total. The fourth-order valence-electron chi connectivity index (χ4n) is 2.45. The lowest BCUT2D eigenvalue weighted by molar-refractivity contribution is -0.118. The number of ether oxygens (including phenoxy) is 2. The van der Waals surface area contributed by atoms with Crippen molar-refractivity contribution >= 4 is 24.0 Å². The van der Waals surface area contributed by atoms with Gasteiger partial charge in [0.05, 0.1) is 14.2 Å². The molecule has 158 valence electrons. The van der Waals surface area contributed by atoms with Crippen molar-refractivity contribution in [3.8, 4) is 23.0 Å². The SMILES string of the molecule is COc1ccc(/C=C/C(=O)NCCNC(=O)/C=C/c2ccc(OC)c(O)c2)cc1O. The molecule has 8 nitrogen and oxygen atoms in total. The molecule has 0 heterocycles. The van der Waals surface area contributed by atoms with Crippen LogP contribution in [0.15, 0.2) is 48.6 Å². The highest BCUT2D eigenvalue weighted by Crippen LogP contribution is 2.27. The van der Waals surface area contributed by atoms with Gasteiger partial charge in [0.2, 0.25) is 11.8 Å². The normalized spacial score (nSPS) is 10.9. The van der Waals surface area contributed by atoms with E-state index in [2.05, 4.69) is 10.6 Å². The minimum absolute atomic E-state index is 0.0133. The Kier molecular flexibility index (Phi) is 8.31. The number of benzene rings is 2. The molecule has 0 saturated heterocycles. The summed E-state index contributed by atoms with van der Waals surface area (Å²) in [7, 11) is 2.91. The molecule has 0 aliphatic carbocycles. The minimum Gasteiger partial charge on any atom is -0.504 e. The predicted molar refractivity (Wildman–Crippen MR) is 113 cm³/mol. The smallest absolute Gasteiger partial charge is 0.244 e. The summed E-state index contributed by atoms with van der Waals surface area (Å²) >= 11 is 0. The molecule has 2 rings (SSSR count). The number of rotatable bonds is 9. The highest BCUT2D eigenvalue weighted by molar-refractivity contribution is 5.92. The van der Waals surface area contributed by atoms with E-state index in [1.165, 1.54) is 38.5 Å². The van der Waals surface area contributed by atoms with Gasteiger partial charge in [0.1, 0.15) is 0 Å². The van der Waals surface area contributed by atoms with E-state index in [0.717, 1.165) is 0 Å². The van der Waals surface area contributed by atoms with Gasteiger partial charge < -0.3 is 30.3 Å². The molecule has 0 atom stereocenters. The second-order valence-corrected chi connectivity index (χ2v) is 6.11. The highest BCUT2D eigenvalue weighted by atomic mass is 16.5. The Morgan fingerprint density at radius 3 is 1.53 bits per heavy atom. The monoisotopic (exact) mass is 412 g/mol. The Labute approximate surface area is 174 Å². The van der Waals surface area contributed by atoms with Crippen molar-refractivity contribution in [1.82, 2.24) is 10.6 Å². The quantitative estimate of drug-likeness (QED) is 0.370. The molecule has 0 fully saturated rings. The van der Waals surface area contributed by atoms with Gasteiger partial charge in [-0.2, -0.15) is 0 Å². The first kappa shape index (κ1) is 22.4. The van der Waals surface area contributed by atoms with E-state index in [9.17, 15) is 19.8 Å². The number of hydrogen-bond donors (Lipinski definition) is 4. The van der Waals surface area contributed by atoms with E-state index < -0.39 is 0 Å². The second-order valence-electron chi connectivity index (χ2n) is 6.11. The number of phenolic OH excluding ortho intramolecular Hbond substituents is 2. The minimum atomic E-state index is -0.330. The van der Waals surface area contributed by atoms with Crippen LogP contribution >= 0.6 is 0 Å². The van der Waals surface area contributed by atoms with Crippen LogP contribution in [0.25, 0.3) is 12.2 Å². The summed E-state index contributed by atoms with van der Waals surface area (Å²) in [5, 5.41) is 24.7. The first-order valence-corrected chi connectivity index (χ1v) is 9.08. The molecule has 2 amide bonds. The zero-order valence-corrected chi connectivity index (χ0v) is 16.7. The average Bonchev–Trinajstić information content (AvgIpc) is 2.74. The average molecular weight is 412 g/mol. The molecule has 0 saturated carbocycles. The summed E-state index contributed by atoms with van der Waals surface area (Å²) in [6, 6.07) is 9.58. The molecular formula is C22H24N2O6. The molecule has 2 aromatic carbocycles. The predicted octanol–water partition coefficient (Wildman–Crippen LogP) is 2.07. The fraction of sp³-hybridized carbons (Fsp3) is 0.182. The standard InChI is InChI=1S/C22H24N2O6/c1-29-19-7-3-15(13-17(19)25)5-9-21(27)23-11-12-24-22(28)10-6-16-4-8-20(30-2)18(26)14-16/h3-10,13-14,25-26H,11-12H2,1-2H3,(H,23,27)(H,24,28)/b9-5+,10-6+. The third-order valence-corrected chi connectivity index (χ3v) is 3.98. The van der Waals surface area contributed by atoms with Crippen LogP contribution in [0.4, 0.5) is 0 Å². The summed E-state index contributed by atoms with van der Waals surface area (Å²) in [5.74, 6) is 0.0179.